The van der Waals surface area contributed by atoms with Crippen LogP contribution < -0.4 is 10.6 Å². The normalized spacial score (nSPS) is 21.6. The molecule has 0 unspecified atom stereocenters. The van der Waals surface area contributed by atoms with E-state index in [4.69, 9.17) is 4.98 Å². The van der Waals surface area contributed by atoms with Crippen molar-refractivity contribution in [2.24, 2.45) is 0 Å². The van der Waals surface area contributed by atoms with E-state index < -0.39 is 8.07 Å². The molecule has 0 amide bonds. The quantitative estimate of drug-likeness (QED) is 0.229. The zero-order chi connectivity index (χ0) is 24.3. The summed E-state index contributed by atoms with van der Waals surface area (Å²) in [6, 6.07) is 21.8. The van der Waals surface area contributed by atoms with Gasteiger partial charge in [0.2, 0.25) is 0 Å². The summed E-state index contributed by atoms with van der Waals surface area (Å²) in [6.45, 7) is 5.98. The number of H-pyrrole nitrogens is 2. The second-order valence-electron chi connectivity index (χ2n) is 11.2. The van der Waals surface area contributed by atoms with Crippen molar-refractivity contribution in [3.8, 4) is 22.4 Å². The zero-order valence-electron chi connectivity index (χ0n) is 20.9. The first kappa shape index (κ1) is 22.0. The van der Waals surface area contributed by atoms with E-state index in [0.717, 1.165) is 53.1 Å². The second-order valence-corrected chi connectivity index (χ2v) is 16.3. The lowest BCUT2D eigenvalue weighted by Crippen LogP contribution is -2.28. The van der Waals surface area contributed by atoms with E-state index in [-0.39, 0.29) is 0 Å². The largest absolute Gasteiger partial charge is 0.341 e. The molecule has 2 saturated heterocycles. The Labute approximate surface area is 212 Å². The Morgan fingerprint density at radius 2 is 1.67 bits per heavy atom. The van der Waals surface area contributed by atoms with Gasteiger partial charge in [-0.3, -0.25) is 0 Å². The summed E-state index contributed by atoms with van der Waals surface area (Å²) in [5, 5.41) is 9.63. The molecule has 7 rings (SSSR count). The first-order valence-electron chi connectivity index (χ1n) is 13.1. The molecule has 0 aliphatic carbocycles. The fraction of sp³-hybridized carbons (Fsp3) is 0.310. The summed E-state index contributed by atoms with van der Waals surface area (Å²) in [4.78, 5) is 16.8. The van der Waals surface area contributed by atoms with Crippen molar-refractivity contribution in [3.05, 3.63) is 72.4 Å². The molecule has 7 heteroatoms. The van der Waals surface area contributed by atoms with Crippen LogP contribution in [0.25, 0.3) is 44.2 Å². The van der Waals surface area contributed by atoms with Crippen molar-refractivity contribution in [2.45, 2.75) is 44.1 Å². The van der Waals surface area contributed by atoms with Crippen LogP contribution in [0.1, 0.15) is 36.6 Å². The van der Waals surface area contributed by atoms with Crippen molar-refractivity contribution in [1.82, 2.24) is 30.6 Å². The molecule has 36 heavy (non-hydrogen) atoms. The average Bonchev–Trinajstić information content (AvgIpc) is 3.69. The first-order valence-corrected chi connectivity index (χ1v) is 16.5. The number of hydrogen-bond acceptors (Lipinski definition) is 4. The molecular formula is C29H32N6Si. The van der Waals surface area contributed by atoms with Crippen LogP contribution in [0, 0.1) is 0 Å². The van der Waals surface area contributed by atoms with Gasteiger partial charge in [-0.15, -0.1) is 0 Å². The molecule has 2 aromatic heterocycles. The Morgan fingerprint density at radius 3 is 2.44 bits per heavy atom. The molecule has 2 aliphatic rings. The summed E-state index contributed by atoms with van der Waals surface area (Å²) in [6.07, 6.45) is 5.48. The predicted molar refractivity (Wildman–Crippen MR) is 150 cm³/mol. The summed E-state index contributed by atoms with van der Waals surface area (Å²) in [7, 11) is -1.14. The monoisotopic (exact) mass is 492 g/mol. The van der Waals surface area contributed by atoms with Gasteiger partial charge >= 0.3 is 0 Å². The van der Waals surface area contributed by atoms with E-state index >= 15 is 0 Å². The summed E-state index contributed by atoms with van der Waals surface area (Å²) >= 11 is 0. The van der Waals surface area contributed by atoms with E-state index in [1.807, 2.05) is 6.20 Å². The molecule has 0 saturated carbocycles. The SMILES string of the molecule is C[Si]1(C)CN[C@H](c2nc3c(ccc4cc(-c5ccc(-c6cnc([C@@H]7CCCN7)[nH]6)cc5)ccc43)[nH]2)C1. The molecule has 4 N–H and O–H groups in total. The number of nitrogens with one attached hydrogen (secondary N) is 4. The second kappa shape index (κ2) is 8.40. The fourth-order valence-corrected chi connectivity index (χ4v) is 8.26. The molecule has 4 heterocycles. The van der Waals surface area contributed by atoms with Crippen LogP contribution in [0.2, 0.25) is 19.1 Å². The highest BCUT2D eigenvalue weighted by atomic mass is 28.3. The third-order valence-corrected chi connectivity index (χ3v) is 10.6. The Bertz CT molecular complexity index is 1560. The summed E-state index contributed by atoms with van der Waals surface area (Å²) < 4.78 is 0. The van der Waals surface area contributed by atoms with E-state index in [0.29, 0.717) is 12.1 Å². The fourth-order valence-electron chi connectivity index (χ4n) is 5.88. The molecule has 182 valence electrons. The topological polar surface area (TPSA) is 81.4 Å². The van der Waals surface area contributed by atoms with Crippen LogP contribution in [0.15, 0.2) is 60.8 Å². The van der Waals surface area contributed by atoms with Crippen LogP contribution in [0.3, 0.4) is 0 Å². The first-order chi connectivity index (χ1) is 17.5. The molecule has 2 aliphatic heterocycles. The van der Waals surface area contributed by atoms with Gasteiger partial charge in [-0.25, -0.2) is 9.97 Å². The van der Waals surface area contributed by atoms with Crippen LogP contribution >= 0.6 is 0 Å². The Balaban J connectivity index is 1.16. The third kappa shape index (κ3) is 3.88. The molecule has 3 aromatic carbocycles. The molecule has 0 bridgehead atoms. The molecule has 0 spiro atoms. The zero-order valence-corrected chi connectivity index (χ0v) is 21.9. The standard InChI is InChI=1S/C29H32N6Si/c1-36(2)16-26(32-17-36)29-33-23-12-10-21-14-20(9-11-22(21)27(23)35-29)18-5-7-19(8-6-18)25-15-31-28(34-25)24-4-3-13-30-24/h5-12,14-15,24,26,30,32H,3-4,13,16-17H2,1-2H3,(H,31,34)(H,33,35)/t24-,26-/m0/s1. The minimum Gasteiger partial charge on any atom is -0.341 e. The predicted octanol–water partition coefficient (Wildman–Crippen LogP) is 6.09. The van der Waals surface area contributed by atoms with Gasteiger partial charge in [-0.1, -0.05) is 55.6 Å². The third-order valence-electron chi connectivity index (χ3n) is 7.92. The van der Waals surface area contributed by atoms with Crippen molar-refractivity contribution < 1.29 is 0 Å². The molecule has 2 fully saturated rings. The van der Waals surface area contributed by atoms with E-state index in [1.54, 1.807) is 0 Å². The smallest absolute Gasteiger partial charge is 0.124 e. The molecular weight excluding hydrogens is 460 g/mol. The van der Waals surface area contributed by atoms with Gasteiger partial charge in [-0.2, -0.15) is 0 Å². The van der Waals surface area contributed by atoms with Gasteiger partial charge in [0.1, 0.15) is 11.6 Å². The van der Waals surface area contributed by atoms with Crippen molar-refractivity contribution >= 4 is 29.9 Å². The highest BCUT2D eigenvalue weighted by Gasteiger charge is 2.34. The molecule has 6 nitrogen and oxygen atoms in total. The maximum absolute atomic E-state index is 5.06. The Hall–Kier alpha value is -3.26. The minimum absolute atomic E-state index is 0.354. The molecule has 5 aromatic rings. The van der Waals surface area contributed by atoms with Crippen molar-refractivity contribution in [3.63, 3.8) is 0 Å². The van der Waals surface area contributed by atoms with Crippen molar-refractivity contribution in [1.29, 1.82) is 0 Å². The summed E-state index contributed by atoms with van der Waals surface area (Å²) in [5.74, 6) is 2.13. The lowest BCUT2D eigenvalue weighted by Gasteiger charge is -2.11. The van der Waals surface area contributed by atoms with Gasteiger partial charge < -0.3 is 20.6 Å². The van der Waals surface area contributed by atoms with Crippen molar-refractivity contribution in [2.75, 3.05) is 12.7 Å². The Morgan fingerprint density at radius 1 is 0.833 bits per heavy atom. The van der Waals surface area contributed by atoms with Gasteiger partial charge in [0.05, 0.1) is 43.1 Å². The minimum atomic E-state index is -1.14. The van der Waals surface area contributed by atoms with Crippen LogP contribution in [0.4, 0.5) is 0 Å². The molecule has 0 radical (unpaired) electrons. The van der Waals surface area contributed by atoms with Gasteiger partial charge in [0, 0.05) is 5.39 Å². The lowest BCUT2D eigenvalue weighted by atomic mass is 9.99. The number of benzene rings is 3. The van der Waals surface area contributed by atoms with E-state index in [1.165, 1.54) is 34.4 Å². The van der Waals surface area contributed by atoms with Gasteiger partial charge in [0.15, 0.2) is 0 Å². The van der Waals surface area contributed by atoms with Crippen LogP contribution in [-0.4, -0.2) is 40.7 Å². The van der Waals surface area contributed by atoms with Crippen LogP contribution in [-0.2, 0) is 0 Å². The molecule has 2 atom stereocenters. The maximum Gasteiger partial charge on any atom is 0.124 e. The number of rotatable bonds is 4. The lowest BCUT2D eigenvalue weighted by molar-refractivity contribution is 0.613. The number of hydrogen-bond donors (Lipinski definition) is 4. The number of imidazole rings is 2. The maximum atomic E-state index is 5.06. The summed E-state index contributed by atoms with van der Waals surface area (Å²) in [5.41, 5.74) is 6.86. The number of fused-ring (bicyclic) bond motifs is 3. The van der Waals surface area contributed by atoms with Gasteiger partial charge in [0.25, 0.3) is 0 Å². The van der Waals surface area contributed by atoms with Crippen LogP contribution in [0.5, 0.6) is 0 Å². The van der Waals surface area contributed by atoms with E-state index in [9.17, 15) is 0 Å². The number of aromatic amines is 2. The number of aromatic nitrogens is 4. The highest BCUT2D eigenvalue weighted by molar-refractivity contribution is 6.78. The van der Waals surface area contributed by atoms with E-state index in [2.05, 4.69) is 93.3 Å². The Kier molecular flexibility index (Phi) is 5.13. The average molecular weight is 493 g/mol. The van der Waals surface area contributed by atoms with Gasteiger partial charge in [-0.05, 0) is 65.8 Å². The number of nitrogens with zero attached hydrogens (tertiary/aromatic N) is 2. The highest BCUT2D eigenvalue weighted by Crippen LogP contribution is 2.33.